The van der Waals surface area contributed by atoms with E-state index >= 15 is 0 Å². The van der Waals surface area contributed by atoms with Crippen LogP contribution in [-0.4, -0.2) is 9.97 Å². The largest absolute Gasteiger partial charge is 0.255 e. The van der Waals surface area contributed by atoms with Gasteiger partial charge in [0.1, 0.15) is 11.1 Å². The number of rotatable bonds is 1. The van der Waals surface area contributed by atoms with Crippen LogP contribution in [0.25, 0.3) is 11.4 Å². The Labute approximate surface area is 93.2 Å². The molecular weight excluding hydrogens is 202 g/mol. The Kier molecular flexibility index (Phi) is 4.50. The van der Waals surface area contributed by atoms with Crippen LogP contribution in [0.1, 0.15) is 5.56 Å². The molecule has 0 aliphatic rings. The Bertz CT molecular complexity index is 475. The lowest BCUT2D eigenvalue weighted by molar-refractivity contribution is 0.928. The summed E-state index contributed by atoms with van der Waals surface area (Å²) < 4.78 is 0. The Morgan fingerprint density at radius 3 is 2.25 bits per heavy atom. The molecule has 5 nitrogen and oxygen atoms in total. The van der Waals surface area contributed by atoms with E-state index in [1.54, 1.807) is 12.4 Å². The minimum absolute atomic E-state index is 0.922. The molecule has 2 N–H and O–H groups in total. The summed E-state index contributed by atoms with van der Waals surface area (Å²) in [5, 5.41) is 0. The minimum atomic E-state index is 0.922. The molecule has 0 aliphatic heterocycles. The molecule has 2 rings (SSSR count). The molecule has 0 amide bonds. The molecule has 0 saturated heterocycles. The Morgan fingerprint density at radius 2 is 1.69 bits per heavy atom. The van der Waals surface area contributed by atoms with Gasteiger partial charge in [-0.2, -0.15) is 0 Å². The molecule has 0 spiro atoms. The van der Waals surface area contributed by atoms with Crippen LogP contribution in [-0.2, 0) is 0 Å². The van der Waals surface area contributed by atoms with Crippen molar-refractivity contribution in [3.05, 3.63) is 48.3 Å². The first-order valence-corrected chi connectivity index (χ1v) is 4.65. The molecule has 0 fully saturated rings. The van der Waals surface area contributed by atoms with Gasteiger partial charge in [-0.05, 0) is 36.8 Å². The van der Waals surface area contributed by atoms with Crippen molar-refractivity contribution < 1.29 is 0 Å². The molecule has 2 heterocycles. The van der Waals surface area contributed by atoms with Gasteiger partial charge in [0.25, 0.3) is 0 Å². The second-order valence-corrected chi connectivity index (χ2v) is 3.05. The van der Waals surface area contributed by atoms with Gasteiger partial charge >= 0.3 is 0 Å². The first kappa shape index (κ1) is 11.7. The van der Waals surface area contributed by atoms with E-state index in [0.29, 0.717) is 0 Å². The standard InChI is InChI=1S/C11H10N2.H2N3/c1-9-5-7-13-11(8-9)10-4-2-3-6-12-10;1-3-2/h2-8H,1H3;1-2H/q;+1. The van der Waals surface area contributed by atoms with Crippen molar-refractivity contribution in [1.29, 1.82) is 11.1 Å². The van der Waals surface area contributed by atoms with Gasteiger partial charge in [0.15, 0.2) is 0 Å². The van der Waals surface area contributed by atoms with E-state index in [2.05, 4.69) is 9.97 Å². The summed E-state index contributed by atoms with van der Waals surface area (Å²) in [6.07, 6.45) is 3.58. The van der Waals surface area contributed by atoms with Crippen molar-refractivity contribution in [3.63, 3.8) is 0 Å². The van der Waals surface area contributed by atoms with E-state index in [4.69, 9.17) is 11.1 Å². The molecule has 0 aromatic carbocycles. The zero-order valence-electron chi connectivity index (χ0n) is 8.88. The third kappa shape index (κ3) is 3.40. The van der Waals surface area contributed by atoms with Gasteiger partial charge in [0.05, 0.1) is 11.4 Å². The number of aryl methyl sites for hydroxylation is 1. The SMILES string of the molecule is Cc1ccnc(-c2ccccn2)c1.N=[N+]=N. The van der Waals surface area contributed by atoms with Gasteiger partial charge in [-0.1, -0.05) is 6.07 Å². The second kappa shape index (κ2) is 6.16. The van der Waals surface area contributed by atoms with Crippen LogP contribution in [0, 0.1) is 18.0 Å². The molecule has 5 heteroatoms. The maximum absolute atomic E-state index is 5.50. The highest BCUT2D eigenvalue weighted by Crippen LogP contribution is 2.13. The fraction of sp³-hybridized carbons (Fsp3) is 0.0909. The van der Waals surface area contributed by atoms with Crippen LogP contribution >= 0.6 is 0 Å². The van der Waals surface area contributed by atoms with E-state index in [1.807, 2.05) is 42.2 Å². The molecule has 0 atom stereocenters. The smallest absolute Gasteiger partial charge is 0.211 e. The number of hydrogen-bond donors (Lipinski definition) is 2. The third-order valence-electron chi connectivity index (χ3n) is 1.84. The average molecular weight is 214 g/mol. The van der Waals surface area contributed by atoms with Crippen molar-refractivity contribution in [3.8, 4) is 11.4 Å². The van der Waals surface area contributed by atoms with Crippen molar-refractivity contribution in [2.24, 2.45) is 0 Å². The molecule has 2 aromatic heterocycles. The highest BCUT2D eigenvalue weighted by molar-refractivity contribution is 5.54. The molecule has 16 heavy (non-hydrogen) atoms. The zero-order chi connectivity index (χ0) is 11.8. The molecule has 2 aromatic rings. The maximum atomic E-state index is 5.50. The third-order valence-corrected chi connectivity index (χ3v) is 1.84. The number of hydrogen-bond acceptors (Lipinski definition) is 4. The van der Waals surface area contributed by atoms with Crippen LogP contribution in [0.5, 0.6) is 0 Å². The summed E-state index contributed by atoms with van der Waals surface area (Å²) in [5.41, 5.74) is 14.1. The van der Waals surface area contributed by atoms with E-state index in [1.165, 1.54) is 5.56 Å². The predicted molar refractivity (Wildman–Crippen MR) is 59.8 cm³/mol. The van der Waals surface area contributed by atoms with Crippen molar-refractivity contribution in [2.75, 3.05) is 0 Å². The van der Waals surface area contributed by atoms with Gasteiger partial charge in [0, 0.05) is 12.4 Å². The summed E-state index contributed by atoms with van der Waals surface area (Å²) in [7, 11) is 0. The average Bonchev–Trinajstić information content (AvgIpc) is 2.31. The predicted octanol–water partition coefficient (Wildman–Crippen LogP) is 2.57. The van der Waals surface area contributed by atoms with Crippen molar-refractivity contribution >= 4 is 0 Å². The maximum Gasteiger partial charge on any atom is 0.211 e. The second-order valence-electron chi connectivity index (χ2n) is 3.05. The lowest BCUT2D eigenvalue weighted by Gasteiger charge is -1.99. The van der Waals surface area contributed by atoms with Crippen molar-refractivity contribution in [1.82, 2.24) is 14.9 Å². The molecule has 0 saturated carbocycles. The summed E-state index contributed by atoms with van der Waals surface area (Å²) >= 11 is 0. The number of pyridine rings is 2. The van der Waals surface area contributed by atoms with Crippen LogP contribution in [0.2, 0.25) is 0 Å². The number of aromatic nitrogens is 2. The molecule has 0 bridgehead atoms. The van der Waals surface area contributed by atoms with Gasteiger partial charge in [0.2, 0.25) is 4.91 Å². The highest BCUT2D eigenvalue weighted by atomic mass is 15.0. The topological polar surface area (TPSA) is 87.6 Å². The fourth-order valence-corrected chi connectivity index (χ4v) is 1.19. The summed E-state index contributed by atoms with van der Waals surface area (Å²) in [6, 6.07) is 9.84. The molecule has 0 unspecified atom stereocenters. The summed E-state index contributed by atoms with van der Waals surface area (Å²) in [5.74, 6) is 0. The van der Waals surface area contributed by atoms with E-state index in [9.17, 15) is 0 Å². The monoisotopic (exact) mass is 214 g/mol. The first-order valence-electron chi connectivity index (χ1n) is 4.65. The Morgan fingerprint density at radius 1 is 1.00 bits per heavy atom. The summed E-state index contributed by atoms with van der Waals surface area (Å²) in [6.45, 7) is 2.05. The van der Waals surface area contributed by atoms with Gasteiger partial charge in [-0.3, -0.25) is 9.97 Å². The van der Waals surface area contributed by atoms with Crippen LogP contribution in [0.15, 0.2) is 42.7 Å². The first-order chi connectivity index (χ1) is 7.77. The normalized spacial score (nSPS) is 8.56. The van der Waals surface area contributed by atoms with Crippen LogP contribution < -0.4 is 4.91 Å². The lowest BCUT2D eigenvalue weighted by atomic mass is 10.2. The Hall–Kier alpha value is -2.39. The van der Waals surface area contributed by atoms with E-state index < -0.39 is 0 Å². The van der Waals surface area contributed by atoms with E-state index in [0.717, 1.165) is 11.4 Å². The van der Waals surface area contributed by atoms with E-state index in [-0.39, 0.29) is 0 Å². The van der Waals surface area contributed by atoms with Gasteiger partial charge in [-0.15, -0.1) is 0 Å². The minimum Gasteiger partial charge on any atom is -0.255 e. The van der Waals surface area contributed by atoms with Crippen molar-refractivity contribution in [2.45, 2.75) is 6.92 Å². The number of nitrogens with zero attached hydrogens (tertiary/aromatic N) is 3. The van der Waals surface area contributed by atoms with Crippen LogP contribution in [0.3, 0.4) is 0 Å². The highest BCUT2D eigenvalue weighted by Gasteiger charge is 1.97. The quantitative estimate of drug-likeness (QED) is 0.564. The molecule has 80 valence electrons. The van der Waals surface area contributed by atoms with Gasteiger partial charge in [-0.25, -0.2) is 0 Å². The molecular formula is C11H12N5+. The lowest BCUT2D eigenvalue weighted by Crippen LogP contribution is -1.86. The molecule has 0 aliphatic carbocycles. The molecule has 0 radical (unpaired) electrons. The summed E-state index contributed by atoms with van der Waals surface area (Å²) in [4.78, 5) is 10.5. The van der Waals surface area contributed by atoms with Gasteiger partial charge < -0.3 is 0 Å². The fourth-order valence-electron chi connectivity index (χ4n) is 1.19. The number of nitrogens with one attached hydrogen (secondary N) is 2. The zero-order valence-corrected chi connectivity index (χ0v) is 8.88. The van der Waals surface area contributed by atoms with Crippen LogP contribution in [0.4, 0.5) is 0 Å². The Balaban J connectivity index is 0.000000386.